The van der Waals surface area contributed by atoms with Gasteiger partial charge in [-0.2, -0.15) is 0 Å². The molecule has 2 rings (SSSR count). The molecular weight excluding hydrogens is 268 g/mol. The Balaban J connectivity index is 1.87. The van der Waals surface area contributed by atoms with E-state index in [0.29, 0.717) is 17.2 Å². The molecule has 4 nitrogen and oxygen atoms in total. The summed E-state index contributed by atoms with van der Waals surface area (Å²) in [6.07, 6.45) is 4.46. The smallest absolute Gasteiger partial charge is 0.246 e. The lowest BCUT2D eigenvalue weighted by Crippen LogP contribution is -2.37. The highest BCUT2D eigenvalue weighted by molar-refractivity contribution is 8.19. The van der Waals surface area contributed by atoms with E-state index in [9.17, 15) is 8.42 Å². The maximum Gasteiger partial charge on any atom is 0.246 e. The summed E-state index contributed by atoms with van der Waals surface area (Å²) >= 11 is 7.06. The van der Waals surface area contributed by atoms with E-state index in [1.165, 1.54) is 11.8 Å². The molecule has 1 saturated heterocycles. The van der Waals surface area contributed by atoms with E-state index in [1.54, 1.807) is 6.08 Å². The molecule has 2 aliphatic heterocycles. The van der Waals surface area contributed by atoms with E-state index >= 15 is 0 Å². The largest absolute Gasteiger partial charge is 0.313 e. The van der Waals surface area contributed by atoms with Gasteiger partial charge in [-0.15, -0.1) is 11.6 Å². The summed E-state index contributed by atoms with van der Waals surface area (Å²) in [6.45, 7) is 1.45. The summed E-state index contributed by atoms with van der Waals surface area (Å²) in [5.41, 5.74) is 0. The third-order valence-electron chi connectivity index (χ3n) is 2.66. The Hall–Kier alpha value is 0.250. The van der Waals surface area contributed by atoms with Crippen LogP contribution >= 0.6 is 23.4 Å². The van der Waals surface area contributed by atoms with Crippen LogP contribution in [-0.4, -0.2) is 32.3 Å². The first-order chi connectivity index (χ1) is 7.58. The summed E-state index contributed by atoms with van der Waals surface area (Å²) in [4.78, 5) is 0. The molecule has 0 aromatic rings. The Kier molecular flexibility index (Phi) is 4.18. The van der Waals surface area contributed by atoms with Crippen LogP contribution in [0.5, 0.6) is 0 Å². The van der Waals surface area contributed by atoms with Gasteiger partial charge in [0.1, 0.15) is 4.24 Å². The Bertz CT molecular complexity index is 377. The Labute approximate surface area is 105 Å². The molecule has 2 atom stereocenters. The summed E-state index contributed by atoms with van der Waals surface area (Å²) in [7, 11) is -3.33. The van der Waals surface area contributed by atoms with Crippen molar-refractivity contribution in [1.82, 2.24) is 10.0 Å². The topological polar surface area (TPSA) is 58.2 Å². The van der Waals surface area contributed by atoms with Crippen molar-refractivity contribution in [1.29, 1.82) is 0 Å². The zero-order valence-electron chi connectivity index (χ0n) is 8.78. The number of halogens is 1. The molecule has 0 spiro atoms. The number of rotatable bonds is 4. The molecule has 2 aliphatic rings. The molecule has 0 saturated carbocycles. The fourth-order valence-corrected chi connectivity index (χ4v) is 4.88. The Morgan fingerprint density at radius 2 is 2.44 bits per heavy atom. The maximum atomic E-state index is 11.8. The number of hydrogen-bond donors (Lipinski definition) is 2. The molecule has 2 N–H and O–H groups in total. The fraction of sp³-hybridized carbons (Fsp3) is 0.778. The quantitative estimate of drug-likeness (QED) is 0.761. The summed E-state index contributed by atoms with van der Waals surface area (Å²) in [5, 5.41) is 3.25. The molecular formula is C9H15ClN2O2S2. The molecule has 0 radical (unpaired) electrons. The van der Waals surface area contributed by atoms with E-state index in [1.807, 2.05) is 0 Å². The lowest BCUT2D eigenvalue weighted by Gasteiger charge is -2.12. The van der Waals surface area contributed by atoms with Crippen LogP contribution in [0.1, 0.15) is 19.3 Å². The van der Waals surface area contributed by atoms with Crippen molar-refractivity contribution in [2.45, 2.75) is 30.0 Å². The number of alkyl halides is 1. The lowest BCUT2D eigenvalue weighted by atomic mass is 10.2. The molecule has 0 aromatic carbocycles. The molecule has 0 amide bonds. The van der Waals surface area contributed by atoms with Gasteiger partial charge < -0.3 is 5.32 Å². The van der Waals surface area contributed by atoms with Gasteiger partial charge in [0.25, 0.3) is 0 Å². The average molecular weight is 283 g/mol. The normalized spacial score (nSPS) is 30.7. The van der Waals surface area contributed by atoms with Gasteiger partial charge >= 0.3 is 0 Å². The van der Waals surface area contributed by atoms with E-state index in [4.69, 9.17) is 11.6 Å². The molecule has 1 fully saturated rings. The average Bonchev–Trinajstić information content (AvgIpc) is 2.85. The van der Waals surface area contributed by atoms with Crippen molar-refractivity contribution in [2.75, 3.05) is 13.1 Å². The minimum atomic E-state index is -3.33. The van der Waals surface area contributed by atoms with Gasteiger partial charge in [-0.3, -0.25) is 0 Å². The van der Waals surface area contributed by atoms with E-state index < -0.39 is 10.0 Å². The highest BCUT2D eigenvalue weighted by Crippen LogP contribution is 2.37. The van der Waals surface area contributed by atoms with E-state index in [0.717, 1.165) is 19.4 Å². The minimum Gasteiger partial charge on any atom is -0.313 e. The number of allylic oxidation sites excluding steroid dienone is 1. The van der Waals surface area contributed by atoms with Crippen LogP contribution < -0.4 is 10.0 Å². The predicted molar refractivity (Wildman–Crippen MR) is 67.9 cm³/mol. The Morgan fingerprint density at radius 1 is 1.62 bits per heavy atom. The van der Waals surface area contributed by atoms with Crippen LogP contribution in [0.25, 0.3) is 0 Å². The van der Waals surface area contributed by atoms with E-state index in [2.05, 4.69) is 10.0 Å². The molecule has 0 bridgehead atoms. The van der Waals surface area contributed by atoms with Crippen LogP contribution in [0.15, 0.2) is 10.3 Å². The van der Waals surface area contributed by atoms with Crippen LogP contribution in [-0.2, 0) is 10.0 Å². The molecule has 2 heterocycles. The number of sulfonamides is 1. The van der Waals surface area contributed by atoms with Gasteiger partial charge in [0.15, 0.2) is 0 Å². The molecule has 0 aromatic heterocycles. The van der Waals surface area contributed by atoms with Crippen LogP contribution in [0.2, 0.25) is 0 Å². The summed E-state index contributed by atoms with van der Waals surface area (Å²) in [5.74, 6) is 0. The second-order valence-electron chi connectivity index (χ2n) is 3.93. The van der Waals surface area contributed by atoms with Crippen molar-refractivity contribution in [3.8, 4) is 0 Å². The SMILES string of the molecule is O=S(=O)(NCC1CCCN1)C1=CCC(Cl)S1. The van der Waals surface area contributed by atoms with Gasteiger partial charge in [-0.05, 0) is 25.8 Å². The van der Waals surface area contributed by atoms with Gasteiger partial charge in [0, 0.05) is 12.6 Å². The van der Waals surface area contributed by atoms with Crippen molar-refractivity contribution in [3.05, 3.63) is 10.3 Å². The predicted octanol–water partition coefficient (Wildman–Crippen LogP) is 1.20. The molecule has 2 unspecified atom stereocenters. The maximum absolute atomic E-state index is 11.8. The Morgan fingerprint density at radius 3 is 3.00 bits per heavy atom. The summed E-state index contributed by atoms with van der Waals surface area (Å²) in [6, 6.07) is 0.272. The highest BCUT2D eigenvalue weighted by Gasteiger charge is 2.27. The number of hydrogen-bond acceptors (Lipinski definition) is 4. The second-order valence-corrected chi connectivity index (χ2v) is 7.96. The van der Waals surface area contributed by atoms with Crippen molar-refractivity contribution >= 4 is 33.4 Å². The van der Waals surface area contributed by atoms with Crippen LogP contribution in [0, 0.1) is 0 Å². The monoisotopic (exact) mass is 282 g/mol. The molecule has 7 heteroatoms. The first-order valence-corrected chi connectivity index (χ1v) is 8.12. The third kappa shape index (κ3) is 3.13. The fourth-order valence-electron chi connectivity index (χ4n) is 1.80. The van der Waals surface area contributed by atoms with Crippen LogP contribution in [0.4, 0.5) is 0 Å². The van der Waals surface area contributed by atoms with Gasteiger partial charge in [0.05, 0.1) is 4.71 Å². The highest BCUT2D eigenvalue weighted by atomic mass is 35.5. The van der Waals surface area contributed by atoms with Gasteiger partial charge in [-0.25, -0.2) is 13.1 Å². The second kappa shape index (κ2) is 5.27. The first-order valence-electron chi connectivity index (χ1n) is 5.32. The third-order valence-corrected chi connectivity index (χ3v) is 6.14. The molecule has 92 valence electrons. The zero-order valence-corrected chi connectivity index (χ0v) is 11.2. The number of thioether (sulfide) groups is 1. The molecule has 0 aliphatic carbocycles. The van der Waals surface area contributed by atoms with Crippen molar-refractivity contribution < 1.29 is 8.42 Å². The molecule has 16 heavy (non-hydrogen) atoms. The summed E-state index contributed by atoms with van der Waals surface area (Å²) < 4.78 is 26.5. The van der Waals surface area contributed by atoms with Crippen LogP contribution in [0.3, 0.4) is 0 Å². The van der Waals surface area contributed by atoms with Gasteiger partial charge in [0.2, 0.25) is 10.0 Å². The zero-order chi connectivity index (χ0) is 11.6. The van der Waals surface area contributed by atoms with Crippen molar-refractivity contribution in [2.24, 2.45) is 0 Å². The number of nitrogens with one attached hydrogen (secondary N) is 2. The minimum absolute atomic E-state index is 0.142. The van der Waals surface area contributed by atoms with Crippen molar-refractivity contribution in [3.63, 3.8) is 0 Å². The lowest BCUT2D eigenvalue weighted by molar-refractivity contribution is 0.557. The van der Waals surface area contributed by atoms with E-state index in [-0.39, 0.29) is 10.8 Å². The first kappa shape index (κ1) is 12.7. The standard InChI is InChI=1S/C9H15ClN2O2S2/c10-8-3-4-9(15-8)16(13,14)12-6-7-2-1-5-11-7/h4,7-8,11-12H,1-3,5-6H2. The van der Waals surface area contributed by atoms with Gasteiger partial charge in [-0.1, -0.05) is 17.8 Å².